The summed E-state index contributed by atoms with van der Waals surface area (Å²) >= 11 is 4.76. The van der Waals surface area contributed by atoms with Gasteiger partial charge in [0.25, 0.3) is 11.8 Å². The zero-order valence-electron chi connectivity index (χ0n) is 15.1. The first-order valence-corrected chi connectivity index (χ1v) is 8.63. The fourth-order valence-electron chi connectivity index (χ4n) is 2.48. The number of esters is 1. The minimum absolute atomic E-state index is 0.0388. The summed E-state index contributed by atoms with van der Waals surface area (Å²) in [4.78, 5) is 36.2. The lowest BCUT2D eigenvalue weighted by atomic mass is 10.1. The number of carbonyl (C=O) groups excluding carboxylic acids is 3. The molecule has 0 aromatic heterocycles. The lowest BCUT2D eigenvalue weighted by Gasteiger charge is -2.16. The number of methoxy groups -OCH3 is 1. The van der Waals surface area contributed by atoms with Crippen molar-refractivity contribution < 1.29 is 23.9 Å². The van der Waals surface area contributed by atoms with Gasteiger partial charge in [-0.05, 0) is 55.0 Å². The van der Waals surface area contributed by atoms with Gasteiger partial charge in [0.05, 0.1) is 12.7 Å². The van der Waals surface area contributed by atoms with E-state index in [2.05, 4.69) is 10.6 Å². The van der Waals surface area contributed by atoms with Crippen LogP contribution >= 0.6 is 12.2 Å². The Morgan fingerprint density at radius 2 is 1.64 bits per heavy atom. The van der Waals surface area contributed by atoms with Crippen molar-refractivity contribution in [3.8, 4) is 11.5 Å². The molecule has 0 bridgehead atoms. The van der Waals surface area contributed by atoms with E-state index in [1.54, 1.807) is 24.3 Å². The third-order valence-corrected chi connectivity index (χ3v) is 4.14. The van der Waals surface area contributed by atoms with Crippen LogP contribution in [-0.4, -0.2) is 30.0 Å². The molecule has 0 radical (unpaired) electrons. The normalized spacial score (nSPS) is 13.5. The van der Waals surface area contributed by atoms with Crippen LogP contribution in [0, 0.1) is 6.92 Å². The van der Waals surface area contributed by atoms with E-state index in [0.717, 1.165) is 5.56 Å². The van der Waals surface area contributed by atoms with E-state index in [0.29, 0.717) is 11.1 Å². The fourth-order valence-corrected chi connectivity index (χ4v) is 2.67. The number of hydrogen-bond donors (Lipinski definition) is 2. The van der Waals surface area contributed by atoms with Gasteiger partial charge < -0.3 is 9.47 Å². The first kappa shape index (κ1) is 19.2. The maximum Gasteiger partial charge on any atom is 0.343 e. The minimum atomic E-state index is -0.595. The second-order valence-corrected chi connectivity index (χ2v) is 6.37. The second-order valence-electron chi connectivity index (χ2n) is 5.96. The molecule has 1 heterocycles. The Balaban J connectivity index is 1.84. The first-order valence-electron chi connectivity index (χ1n) is 8.22. The van der Waals surface area contributed by atoms with Crippen LogP contribution in [0.5, 0.6) is 11.5 Å². The summed E-state index contributed by atoms with van der Waals surface area (Å²) < 4.78 is 10.7. The number of nitrogens with one attached hydrogen (secondary N) is 2. The summed E-state index contributed by atoms with van der Waals surface area (Å²) in [5.41, 5.74) is 1.86. The number of rotatable bonds is 4. The number of amides is 2. The Morgan fingerprint density at radius 1 is 1.00 bits per heavy atom. The first-order chi connectivity index (χ1) is 13.4. The van der Waals surface area contributed by atoms with Crippen LogP contribution in [0.3, 0.4) is 0 Å². The van der Waals surface area contributed by atoms with E-state index in [4.69, 9.17) is 21.7 Å². The lowest BCUT2D eigenvalue weighted by molar-refractivity contribution is -0.123. The molecule has 3 rings (SSSR count). The Morgan fingerprint density at radius 3 is 2.25 bits per heavy atom. The monoisotopic (exact) mass is 396 g/mol. The number of aryl methyl sites for hydroxylation is 1. The van der Waals surface area contributed by atoms with E-state index in [1.807, 2.05) is 19.1 Å². The number of thiocarbonyl (C=S) groups is 1. The highest BCUT2D eigenvalue weighted by Gasteiger charge is 2.25. The van der Waals surface area contributed by atoms with Gasteiger partial charge in [-0.2, -0.15) is 0 Å². The number of hydrogen-bond acceptors (Lipinski definition) is 6. The summed E-state index contributed by atoms with van der Waals surface area (Å²) in [6.45, 7) is 1.92. The molecule has 2 aromatic carbocycles. The SMILES string of the molecule is COc1cc(C=C2C(=O)NC(=S)NC2=O)ccc1OC(=O)c1ccc(C)cc1. The van der Waals surface area contributed by atoms with Crippen LogP contribution in [0.4, 0.5) is 0 Å². The molecule has 8 heteroatoms. The van der Waals surface area contributed by atoms with E-state index < -0.39 is 17.8 Å². The molecule has 0 saturated carbocycles. The summed E-state index contributed by atoms with van der Waals surface area (Å²) in [6, 6.07) is 11.7. The highest BCUT2D eigenvalue weighted by molar-refractivity contribution is 7.80. The molecule has 2 aromatic rings. The molecule has 1 saturated heterocycles. The molecule has 2 amide bonds. The van der Waals surface area contributed by atoms with Crippen molar-refractivity contribution >= 4 is 41.2 Å². The third-order valence-electron chi connectivity index (χ3n) is 3.93. The molecule has 1 aliphatic rings. The van der Waals surface area contributed by atoms with Gasteiger partial charge in [-0.1, -0.05) is 23.8 Å². The third kappa shape index (κ3) is 4.24. The van der Waals surface area contributed by atoms with Gasteiger partial charge in [0.1, 0.15) is 5.57 Å². The fraction of sp³-hybridized carbons (Fsp3) is 0.100. The van der Waals surface area contributed by atoms with Crippen LogP contribution < -0.4 is 20.1 Å². The van der Waals surface area contributed by atoms with Crippen molar-refractivity contribution in [3.63, 3.8) is 0 Å². The van der Waals surface area contributed by atoms with E-state index in [1.165, 1.54) is 19.3 Å². The maximum atomic E-state index is 12.3. The van der Waals surface area contributed by atoms with E-state index in [-0.39, 0.29) is 22.2 Å². The van der Waals surface area contributed by atoms with Crippen LogP contribution in [0.15, 0.2) is 48.0 Å². The maximum absolute atomic E-state index is 12.3. The molecule has 28 heavy (non-hydrogen) atoms. The van der Waals surface area contributed by atoms with Gasteiger partial charge in [-0.3, -0.25) is 20.2 Å². The molecule has 1 fully saturated rings. The molecule has 0 atom stereocenters. The number of ether oxygens (including phenoxy) is 2. The molecule has 0 unspecified atom stereocenters. The zero-order valence-corrected chi connectivity index (χ0v) is 15.9. The minimum Gasteiger partial charge on any atom is -0.493 e. The van der Waals surface area contributed by atoms with Gasteiger partial charge in [0.15, 0.2) is 16.6 Å². The number of carbonyl (C=O) groups is 3. The quantitative estimate of drug-likeness (QED) is 0.270. The van der Waals surface area contributed by atoms with Crippen molar-refractivity contribution in [3.05, 3.63) is 64.7 Å². The number of benzene rings is 2. The van der Waals surface area contributed by atoms with Crippen molar-refractivity contribution in [2.45, 2.75) is 6.92 Å². The molecular weight excluding hydrogens is 380 g/mol. The van der Waals surface area contributed by atoms with Crippen molar-refractivity contribution in [1.82, 2.24) is 10.6 Å². The van der Waals surface area contributed by atoms with Gasteiger partial charge >= 0.3 is 5.97 Å². The van der Waals surface area contributed by atoms with Crippen molar-refractivity contribution in [2.75, 3.05) is 7.11 Å². The average molecular weight is 396 g/mol. The predicted octanol–water partition coefficient (Wildman–Crippen LogP) is 2.14. The van der Waals surface area contributed by atoms with Crippen LogP contribution in [-0.2, 0) is 9.59 Å². The summed E-state index contributed by atoms with van der Waals surface area (Å²) in [7, 11) is 1.42. The molecule has 0 spiro atoms. The Hall–Kier alpha value is -3.52. The standard InChI is InChI=1S/C20H16N2O5S/c1-11-3-6-13(7-4-11)19(25)27-15-8-5-12(10-16(15)26-2)9-14-17(23)21-20(28)22-18(14)24/h3-10H,1-2H3,(H2,21,22,23,24,28). The van der Waals surface area contributed by atoms with E-state index >= 15 is 0 Å². The summed E-state index contributed by atoms with van der Waals surface area (Å²) in [5, 5.41) is 4.68. The molecule has 142 valence electrons. The van der Waals surface area contributed by atoms with Gasteiger partial charge in [-0.15, -0.1) is 0 Å². The topological polar surface area (TPSA) is 93.7 Å². The van der Waals surface area contributed by atoms with Crippen LogP contribution in [0.1, 0.15) is 21.5 Å². The molecule has 1 aliphatic heterocycles. The molecule has 7 nitrogen and oxygen atoms in total. The van der Waals surface area contributed by atoms with Crippen LogP contribution in [0.25, 0.3) is 6.08 Å². The molecule has 2 N–H and O–H groups in total. The lowest BCUT2D eigenvalue weighted by Crippen LogP contribution is -2.51. The average Bonchev–Trinajstić information content (AvgIpc) is 2.66. The largest absolute Gasteiger partial charge is 0.493 e. The van der Waals surface area contributed by atoms with Gasteiger partial charge in [0.2, 0.25) is 0 Å². The van der Waals surface area contributed by atoms with Crippen LogP contribution in [0.2, 0.25) is 0 Å². The summed E-state index contributed by atoms with van der Waals surface area (Å²) in [6.07, 6.45) is 1.39. The van der Waals surface area contributed by atoms with Crippen molar-refractivity contribution in [1.29, 1.82) is 0 Å². The highest BCUT2D eigenvalue weighted by atomic mass is 32.1. The summed E-state index contributed by atoms with van der Waals surface area (Å²) in [5.74, 6) is -1.22. The molecular formula is C20H16N2O5S. The van der Waals surface area contributed by atoms with Crippen molar-refractivity contribution in [2.24, 2.45) is 0 Å². The zero-order chi connectivity index (χ0) is 20.3. The van der Waals surface area contributed by atoms with Gasteiger partial charge in [0, 0.05) is 0 Å². The predicted molar refractivity (Wildman–Crippen MR) is 106 cm³/mol. The molecule has 0 aliphatic carbocycles. The smallest absolute Gasteiger partial charge is 0.343 e. The Bertz CT molecular complexity index is 990. The Labute approximate surface area is 166 Å². The Kier molecular flexibility index (Phi) is 5.51. The van der Waals surface area contributed by atoms with E-state index in [9.17, 15) is 14.4 Å². The second kappa shape index (κ2) is 8.01. The highest BCUT2D eigenvalue weighted by Crippen LogP contribution is 2.30. The van der Waals surface area contributed by atoms with Gasteiger partial charge in [-0.25, -0.2) is 4.79 Å².